The monoisotopic (exact) mass is 260 g/mol. The average Bonchev–Trinajstić information content (AvgIpc) is 2.15. The molecule has 0 aliphatic carbocycles. The molecule has 0 bridgehead atoms. The third-order valence-electron chi connectivity index (χ3n) is 2.11. The molecule has 0 aliphatic heterocycles. The van der Waals surface area contributed by atoms with Crippen LogP contribution in [0.3, 0.4) is 0 Å². The summed E-state index contributed by atoms with van der Waals surface area (Å²) in [5, 5.41) is 8.66. The third-order valence-corrected chi connectivity index (χ3v) is 4.24. The second-order valence-corrected chi connectivity index (χ2v) is 5.58. The molecule has 0 rings (SSSR count). The Labute approximate surface area is 94.8 Å². The Kier molecular flexibility index (Phi) is 6.31. The predicted molar refractivity (Wildman–Crippen MR) is 56.5 cm³/mol. The highest BCUT2D eigenvalue weighted by Gasteiger charge is 2.30. The molecule has 0 aromatic rings. The SMILES string of the molecule is CC(C)N(C)S(=O)(=O)N(CCO)CC(F)F. The van der Waals surface area contributed by atoms with Crippen LogP contribution in [0.4, 0.5) is 8.78 Å². The van der Waals surface area contributed by atoms with Crippen molar-refractivity contribution in [1.82, 2.24) is 8.61 Å². The lowest BCUT2D eigenvalue weighted by Gasteiger charge is -2.28. The molecule has 0 saturated heterocycles. The number of halogens is 2. The maximum Gasteiger partial charge on any atom is 0.282 e. The number of hydrogen-bond donors (Lipinski definition) is 1. The van der Waals surface area contributed by atoms with E-state index in [0.717, 1.165) is 4.31 Å². The summed E-state index contributed by atoms with van der Waals surface area (Å²) in [6, 6.07) is -0.330. The number of aliphatic hydroxyl groups is 1. The minimum absolute atomic E-state index is 0.330. The molecule has 5 nitrogen and oxygen atoms in total. The molecule has 1 N–H and O–H groups in total. The third kappa shape index (κ3) is 4.28. The molecule has 0 saturated carbocycles. The molecule has 0 spiro atoms. The molecule has 0 heterocycles. The summed E-state index contributed by atoms with van der Waals surface area (Å²) in [5.41, 5.74) is 0. The van der Waals surface area contributed by atoms with Gasteiger partial charge in [0, 0.05) is 19.6 Å². The van der Waals surface area contributed by atoms with Crippen molar-refractivity contribution in [3.63, 3.8) is 0 Å². The molecule has 0 amide bonds. The summed E-state index contributed by atoms with van der Waals surface area (Å²) >= 11 is 0. The molecule has 0 fully saturated rings. The van der Waals surface area contributed by atoms with Crippen molar-refractivity contribution in [2.75, 3.05) is 26.7 Å². The van der Waals surface area contributed by atoms with Gasteiger partial charge >= 0.3 is 0 Å². The maximum atomic E-state index is 12.2. The molecule has 16 heavy (non-hydrogen) atoms. The van der Waals surface area contributed by atoms with Gasteiger partial charge in [0.05, 0.1) is 13.2 Å². The maximum absolute atomic E-state index is 12.2. The van der Waals surface area contributed by atoms with Crippen molar-refractivity contribution >= 4 is 10.2 Å². The van der Waals surface area contributed by atoms with Crippen LogP contribution in [0.1, 0.15) is 13.8 Å². The summed E-state index contributed by atoms with van der Waals surface area (Å²) < 4.78 is 49.6. The molecule has 0 unspecified atom stereocenters. The van der Waals surface area contributed by atoms with Gasteiger partial charge in [0.25, 0.3) is 16.6 Å². The molecular weight excluding hydrogens is 242 g/mol. The first kappa shape index (κ1) is 15.7. The van der Waals surface area contributed by atoms with E-state index in [4.69, 9.17) is 5.11 Å². The summed E-state index contributed by atoms with van der Waals surface area (Å²) in [4.78, 5) is 0. The fraction of sp³-hybridized carbons (Fsp3) is 1.00. The Morgan fingerprint density at radius 1 is 1.31 bits per heavy atom. The van der Waals surface area contributed by atoms with E-state index in [-0.39, 0.29) is 12.6 Å². The summed E-state index contributed by atoms with van der Waals surface area (Å²) in [7, 11) is -2.62. The van der Waals surface area contributed by atoms with Gasteiger partial charge in [0.1, 0.15) is 0 Å². The fourth-order valence-corrected chi connectivity index (χ4v) is 2.53. The number of hydrogen-bond acceptors (Lipinski definition) is 3. The van der Waals surface area contributed by atoms with Gasteiger partial charge < -0.3 is 5.11 Å². The van der Waals surface area contributed by atoms with Crippen LogP contribution in [0.15, 0.2) is 0 Å². The minimum atomic E-state index is -3.93. The molecule has 0 aromatic carbocycles. The van der Waals surface area contributed by atoms with Gasteiger partial charge in [0.15, 0.2) is 0 Å². The van der Waals surface area contributed by atoms with Crippen molar-refractivity contribution in [2.24, 2.45) is 0 Å². The smallest absolute Gasteiger partial charge is 0.282 e. The largest absolute Gasteiger partial charge is 0.395 e. The first-order valence-electron chi connectivity index (χ1n) is 4.85. The Hall–Kier alpha value is -0.310. The van der Waals surface area contributed by atoms with Gasteiger partial charge in [-0.15, -0.1) is 0 Å². The van der Waals surface area contributed by atoms with E-state index < -0.39 is 29.8 Å². The highest BCUT2D eigenvalue weighted by molar-refractivity contribution is 7.86. The van der Waals surface area contributed by atoms with Gasteiger partial charge in [-0.2, -0.15) is 17.0 Å². The zero-order valence-corrected chi connectivity index (χ0v) is 10.4. The van der Waals surface area contributed by atoms with Gasteiger partial charge in [0.2, 0.25) is 0 Å². The van der Waals surface area contributed by atoms with Crippen LogP contribution in [0.25, 0.3) is 0 Å². The molecule has 98 valence electrons. The van der Waals surface area contributed by atoms with Crippen molar-refractivity contribution in [2.45, 2.75) is 26.3 Å². The number of nitrogens with zero attached hydrogens (tertiary/aromatic N) is 2. The van der Waals surface area contributed by atoms with E-state index >= 15 is 0 Å². The van der Waals surface area contributed by atoms with E-state index in [0.29, 0.717) is 4.31 Å². The van der Waals surface area contributed by atoms with E-state index in [1.807, 2.05) is 0 Å². The topological polar surface area (TPSA) is 60.9 Å². The summed E-state index contributed by atoms with van der Waals surface area (Å²) in [6.45, 7) is 1.55. The number of rotatable bonds is 7. The van der Waals surface area contributed by atoms with Crippen LogP contribution >= 0.6 is 0 Å². The van der Waals surface area contributed by atoms with Crippen molar-refractivity contribution in [3.8, 4) is 0 Å². The molecule has 0 aromatic heterocycles. The first-order valence-corrected chi connectivity index (χ1v) is 6.25. The quantitative estimate of drug-likeness (QED) is 0.708. The molecular formula is C8H18F2N2O3S. The zero-order chi connectivity index (χ0) is 12.9. The lowest BCUT2D eigenvalue weighted by Crippen LogP contribution is -2.47. The normalized spacial score (nSPS) is 13.4. The van der Waals surface area contributed by atoms with Gasteiger partial charge in [-0.25, -0.2) is 8.78 Å². The predicted octanol–water partition coefficient (Wildman–Crippen LogP) is 0.131. The van der Waals surface area contributed by atoms with Crippen LogP contribution in [0.2, 0.25) is 0 Å². The first-order chi connectivity index (χ1) is 7.23. The highest BCUT2D eigenvalue weighted by atomic mass is 32.2. The second kappa shape index (κ2) is 6.43. The Morgan fingerprint density at radius 2 is 1.81 bits per heavy atom. The van der Waals surface area contributed by atoms with Gasteiger partial charge in [-0.1, -0.05) is 0 Å². The molecule has 0 atom stereocenters. The fourth-order valence-electron chi connectivity index (χ4n) is 1.01. The van der Waals surface area contributed by atoms with E-state index in [1.54, 1.807) is 13.8 Å². The van der Waals surface area contributed by atoms with Gasteiger partial charge in [-0.05, 0) is 13.8 Å². The number of aliphatic hydroxyl groups excluding tert-OH is 1. The van der Waals surface area contributed by atoms with Crippen LogP contribution in [0.5, 0.6) is 0 Å². The van der Waals surface area contributed by atoms with E-state index in [9.17, 15) is 17.2 Å². The van der Waals surface area contributed by atoms with E-state index in [2.05, 4.69) is 0 Å². The van der Waals surface area contributed by atoms with Gasteiger partial charge in [-0.3, -0.25) is 0 Å². The average molecular weight is 260 g/mol. The van der Waals surface area contributed by atoms with Crippen molar-refractivity contribution in [3.05, 3.63) is 0 Å². The van der Waals surface area contributed by atoms with Crippen molar-refractivity contribution in [1.29, 1.82) is 0 Å². The lowest BCUT2D eigenvalue weighted by atomic mass is 10.4. The Bertz CT molecular complexity index is 296. The lowest BCUT2D eigenvalue weighted by molar-refractivity contribution is 0.110. The standard InChI is InChI=1S/C8H18F2N2O3S/c1-7(2)11(3)16(14,15)12(4-5-13)6-8(9)10/h7-8,13H,4-6H2,1-3H3. The number of alkyl halides is 2. The zero-order valence-electron chi connectivity index (χ0n) is 9.60. The van der Waals surface area contributed by atoms with Crippen LogP contribution in [0, 0.1) is 0 Å². The molecule has 8 heteroatoms. The van der Waals surface area contributed by atoms with Crippen LogP contribution in [-0.2, 0) is 10.2 Å². The molecule has 0 aliphatic rings. The van der Waals surface area contributed by atoms with Crippen molar-refractivity contribution < 1.29 is 22.3 Å². The summed E-state index contributed by atoms with van der Waals surface area (Å²) in [5.74, 6) is 0. The Balaban J connectivity index is 4.89. The minimum Gasteiger partial charge on any atom is -0.395 e. The van der Waals surface area contributed by atoms with Crippen LogP contribution < -0.4 is 0 Å². The van der Waals surface area contributed by atoms with E-state index in [1.165, 1.54) is 7.05 Å². The molecule has 0 radical (unpaired) electrons. The van der Waals surface area contributed by atoms with Crippen LogP contribution in [-0.4, -0.2) is 61.3 Å². The highest BCUT2D eigenvalue weighted by Crippen LogP contribution is 2.11. The Morgan fingerprint density at radius 3 is 2.12 bits per heavy atom. The second-order valence-electron chi connectivity index (χ2n) is 3.59. The summed E-state index contributed by atoms with van der Waals surface area (Å²) in [6.07, 6.45) is -2.76.